The summed E-state index contributed by atoms with van der Waals surface area (Å²) in [6.07, 6.45) is 12.7. The Morgan fingerprint density at radius 2 is 1.49 bits per heavy atom. The Hall–Kier alpha value is -2.02. The highest BCUT2D eigenvalue weighted by Gasteiger charge is 2.31. The van der Waals surface area contributed by atoms with Crippen LogP contribution in [-0.4, -0.2) is 68.1 Å². The van der Waals surface area contributed by atoms with Gasteiger partial charge < -0.3 is 14.4 Å². The maximum atomic E-state index is 11.8. The molecule has 1 aliphatic carbocycles. The first-order valence-electron chi connectivity index (χ1n) is 14.4. The van der Waals surface area contributed by atoms with E-state index in [4.69, 9.17) is 4.98 Å². The zero-order chi connectivity index (χ0) is 25.5. The van der Waals surface area contributed by atoms with Gasteiger partial charge in [0.1, 0.15) is 5.82 Å². The van der Waals surface area contributed by atoms with Crippen molar-refractivity contribution in [3.63, 3.8) is 0 Å². The molecular weight excluding hydrogens is 476 g/mol. The van der Waals surface area contributed by atoms with Crippen molar-refractivity contribution < 1.29 is 4.21 Å². The highest BCUT2D eigenvalue weighted by atomic mass is 32.2. The second-order valence-corrected chi connectivity index (χ2v) is 13.1. The normalized spacial score (nSPS) is 23.7. The lowest BCUT2D eigenvalue weighted by molar-refractivity contribution is 0.116. The molecule has 6 rings (SSSR count). The minimum absolute atomic E-state index is 0.633. The minimum Gasteiger partial charge on any atom is -0.327 e. The quantitative estimate of drug-likeness (QED) is 0.423. The van der Waals surface area contributed by atoms with Crippen molar-refractivity contribution in [3.8, 4) is 11.4 Å². The van der Waals surface area contributed by atoms with Crippen LogP contribution in [0.3, 0.4) is 0 Å². The molecule has 2 saturated heterocycles. The van der Waals surface area contributed by atoms with Crippen LogP contribution in [0.15, 0.2) is 41.3 Å². The monoisotopic (exact) mass is 518 g/mol. The first-order valence-corrected chi connectivity index (χ1v) is 15.9. The number of aromatic nitrogens is 2. The number of fused-ring (bicyclic) bond motifs is 1. The molecule has 3 aliphatic rings. The van der Waals surface area contributed by atoms with Crippen LogP contribution in [0.5, 0.6) is 0 Å². The Morgan fingerprint density at radius 1 is 0.838 bits per heavy atom. The molecule has 0 spiro atoms. The van der Waals surface area contributed by atoms with Crippen molar-refractivity contribution in [1.82, 2.24) is 19.4 Å². The number of hydrogen-bond acceptors (Lipinski definition) is 4. The molecule has 2 aromatic carbocycles. The van der Waals surface area contributed by atoms with Crippen molar-refractivity contribution in [1.29, 1.82) is 0 Å². The average Bonchev–Trinajstić information content (AvgIpc) is 3.04. The Kier molecular flexibility index (Phi) is 7.26. The molecule has 3 heterocycles. The largest absolute Gasteiger partial charge is 0.327 e. The van der Waals surface area contributed by atoms with E-state index in [0.717, 1.165) is 33.9 Å². The first kappa shape index (κ1) is 25.3. The molecule has 198 valence electrons. The van der Waals surface area contributed by atoms with Crippen molar-refractivity contribution in [3.05, 3.63) is 47.5 Å². The summed E-state index contributed by atoms with van der Waals surface area (Å²) in [5.41, 5.74) is 6.13. The SMILES string of the molecule is Cc1cc(C2CCN(C3CCCN(C4CCC4)CC3)CC2)cc2c1nc(-c1ccc(S(C)=O)cc1)n2C. The maximum absolute atomic E-state index is 11.8. The molecule has 2 aliphatic heterocycles. The average molecular weight is 519 g/mol. The van der Waals surface area contributed by atoms with Crippen LogP contribution < -0.4 is 0 Å². The highest BCUT2D eigenvalue weighted by molar-refractivity contribution is 7.84. The summed E-state index contributed by atoms with van der Waals surface area (Å²) < 4.78 is 14.0. The van der Waals surface area contributed by atoms with Gasteiger partial charge in [-0.25, -0.2) is 4.98 Å². The fraction of sp³-hybridized carbons (Fsp3) is 0.581. The number of piperidine rings is 1. The van der Waals surface area contributed by atoms with E-state index in [-0.39, 0.29) is 0 Å². The Labute approximate surface area is 224 Å². The first-order chi connectivity index (χ1) is 18.0. The predicted octanol–water partition coefficient (Wildman–Crippen LogP) is 5.87. The van der Waals surface area contributed by atoms with E-state index >= 15 is 0 Å². The number of nitrogens with zero attached hydrogens (tertiary/aromatic N) is 4. The third-order valence-corrected chi connectivity index (χ3v) is 10.4. The third-order valence-electron chi connectivity index (χ3n) is 9.48. The lowest BCUT2D eigenvalue weighted by Gasteiger charge is -2.39. The molecule has 37 heavy (non-hydrogen) atoms. The van der Waals surface area contributed by atoms with E-state index in [1.54, 1.807) is 6.26 Å². The van der Waals surface area contributed by atoms with Crippen LogP contribution in [0.1, 0.15) is 68.4 Å². The van der Waals surface area contributed by atoms with Crippen LogP contribution >= 0.6 is 0 Å². The molecule has 0 radical (unpaired) electrons. The van der Waals surface area contributed by atoms with Gasteiger partial charge in [-0.05, 0) is 113 Å². The molecule has 0 bridgehead atoms. The van der Waals surface area contributed by atoms with Crippen molar-refractivity contribution in [2.45, 2.75) is 81.2 Å². The molecule has 0 N–H and O–H groups in total. The summed E-state index contributed by atoms with van der Waals surface area (Å²) >= 11 is 0. The molecule has 2 atom stereocenters. The van der Waals surface area contributed by atoms with Gasteiger partial charge in [0.25, 0.3) is 0 Å². The van der Waals surface area contributed by atoms with Gasteiger partial charge in [-0.2, -0.15) is 0 Å². The van der Waals surface area contributed by atoms with Crippen LogP contribution in [0, 0.1) is 6.92 Å². The van der Waals surface area contributed by atoms with Crippen LogP contribution in [0.25, 0.3) is 22.4 Å². The van der Waals surface area contributed by atoms with E-state index in [9.17, 15) is 4.21 Å². The number of likely N-dealkylation sites (tertiary alicyclic amines) is 2. The number of hydrogen-bond donors (Lipinski definition) is 0. The number of aryl methyl sites for hydroxylation is 2. The highest BCUT2D eigenvalue weighted by Crippen LogP contribution is 2.35. The summed E-state index contributed by atoms with van der Waals surface area (Å²) in [5, 5.41) is 0. The molecule has 0 amide bonds. The zero-order valence-electron chi connectivity index (χ0n) is 22.8. The molecule has 2 unspecified atom stereocenters. The molecular formula is C31H42N4OS. The van der Waals surface area contributed by atoms with Gasteiger partial charge in [0.15, 0.2) is 0 Å². The van der Waals surface area contributed by atoms with E-state index < -0.39 is 10.8 Å². The molecule has 1 aromatic heterocycles. The Balaban J connectivity index is 1.15. The van der Waals surface area contributed by atoms with E-state index in [2.05, 4.69) is 40.5 Å². The number of benzene rings is 2. The topological polar surface area (TPSA) is 41.4 Å². The number of rotatable bonds is 5. The van der Waals surface area contributed by atoms with Crippen molar-refractivity contribution in [2.24, 2.45) is 7.05 Å². The van der Waals surface area contributed by atoms with Gasteiger partial charge >= 0.3 is 0 Å². The van der Waals surface area contributed by atoms with E-state index in [1.165, 1.54) is 94.2 Å². The zero-order valence-corrected chi connectivity index (χ0v) is 23.6. The second kappa shape index (κ2) is 10.6. The Morgan fingerprint density at radius 3 is 2.16 bits per heavy atom. The fourth-order valence-electron chi connectivity index (χ4n) is 6.96. The minimum atomic E-state index is -0.963. The summed E-state index contributed by atoms with van der Waals surface area (Å²) in [7, 11) is 1.16. The molecule has 6 heteroatoms. The fourth-order valence-corrected chi connectivity index (χ4v) is 7.47. The predicted molar refractivity (Wildman–Crippen MR) is 154 cm³/mol. The van der Waals surface area contributed by atoms with Crippen LogP contribution in [0.4, 0.5) is 0 Å². The summed E-state index contributed by atoms with van der Waals surface area (Å²) in [4.78, 5) is 11.5. The van der Waals surface area contributed by atoms with Gasteiger partial charge in [0.05, 0.1) is 11.0 Å². The van der Waals surface area contributed by atoms with Gasteiger partial charge in [0.2, 0.25) is 0 Å². The van der Waals surface area contributed by atoms with Gasteiger partial charge in [0, 0.05) is 46.6 Å². The van der Waals surface area contributed by atoms with E-state index in [0.29, 0.717) is 5.92 Å². The molecule has 3 fully saturated rings. The third kappa shape index (κ3) is 5.05. The van der Waals surface area contributed by atoms with Gasteiger partial charge in [-0.1, -0.05) is 24.6 Å². The second-order valence-electron chi connectivity index (χ2n) is 11.7. The smallest absolute Gasteiger partial charge is 0.140 e. The van der Waals surface area contributed by atoms with E-state index in [1.807, 2.05) is 24.3 Å². The standard InChI is InChI=1S/C31H42N4OS/c1-22-20-25(21-29-30(22)32-31(33(29)2)24-9-11-28(12-10-24)37(3)36)23-13-17-35(18-14-23)27-8-5-16-34(19-15-27)26-6-4-7-26/h9-12,20-21,23,26-27H,4-8,13-19H2,1-3H3. The lowest BCUT2D eigenvalue weighted by atomic mass is 9.87. The maximum Gasteiger partial charge on any atom is 0.140 e. The van der Waals surface area contributed by atoms with Crippen LogP contribution in [-0.2, 0) is 17.8 Å². The van der Waals surface area contributed by atoms with Crippen molar-refractivity contribution >= 4 is 21.8 Å². The summed E-state index contributed by atoms with van der Waals surface area (Å²) in [5.74, 6) is 1.61. The summed E-state index contributed by atoms with van der Waals surface area (Å²) in [6.45, 7) is 7.31. The van der Waals surface area contributed by atoms with Crippen molar-refractivity contribution in [2.75, 3.05) is 32.4 Å². The molecule has 5 nitrogen and oxygen atoms in total. The molecule has 1 saturated carbocycles. The van der Waals surface area contributed by atoms with Gasteiger partial charge in [-0.3, -0.25) is 4.21 Å². The lowest BCUT2D eigenvalue weighted by Crippen LogP contribution is -2.43. The number of imidazole rings is 1. The Bertz CT molecular complexity index is 1270. The van der Waals surface area contributed by atoms with Gasteiger partial charge in [-0.15, -0.1) is 0 Å². The molecule has 3 aromatic rings. The van der Waals surface area contributed by atoms with Crippen LogP contribution in [0.2, 0.25) is 0 Å². The summed E-state index contributed by atoms with van der Waals surface area (Å²) in [6, 6.07) is 14.5.